The number of para-hydroxylation sites is 1. The van der Waals surface area contributed by atoms with Crippen LogP contribution in [0.1, 0.15) is 12.8 Å². The molecule has 2 rings (SSSR count). The average molecular weight is 270 g/mol. The standard InChI is InChI=1S/C12H18N2O3S/c1-13-18(16,17)12-7-3-2-6-11(12)14-8-4-5-10(14)9-15/h2-3,6-7,10,13,15H,4-5,8-9H2,1H3/t10-/m0/s1. The minimum Gasteiger partial charge on any atom is -0.394 e. The Kier molecular flexibility index (Phi) is 3.89. The van der Waals surface area contributed by atoms with Crippen molar-refractivity contribution in [1.82, 2.24) is 4.72 Å². The summed E-state index contributed by atoms with van der Waals surface area (Å²) in [5.74, 6) is 0. The van der Waals surface area contributed by atoms with Gasteiger partial charge in [0.05, 0.1) is 18.3 Å². The summed E-state index contributed by atoms with van der Waals surface area (Å²) in [5.41, 5.74) is 0.670. The quantitative estimate of drug-likeness (QED) is 0.838. The second-order valence-electron chi connectivity index (χ2n) is 4.35. The van der Waals surface area contributed by atoms with Crippen LogP contribution in [-0.2, 0) is 10.0 Å². The third-order valence-corrected chi connectivity index (χ3v) is 4.78. The van der Waals surface area contributed by atoms with E-state index in [1.54, 1.807) is 18.2 Å². The molecule has 1 heterocycles. The van der Waals surface area contributed by atoms with Gasteiger partial charge < -0.3 is 10.0 Å². The normalized spacial score (nSPS) is 20.3. The minimum atomic E-state index is -3.47. The molecule has 0 aliphatic carbocycles. The summed E-state index contributed by atoms with van der Waals surface area (Å²) in [4.78, 5) is 2.25. The zero-order chi connectivity index (χ0) is 13.2. The number of anilines is 1. The maximum absolute atomic E-state index is 12.0. The van der Waals surface area contributed by atoms with E-state index in [1.807, 2.05) is 11.0 Å². The average Bonchev–Trinajstić information content (AvgIpc) is 2.87. The van der Waals surface area contributed by atoms with Crippen LogP contribution in [0.15, 0.2) is 29.2 Å². The van der Waals surface area contributed by atoms with Gasteiger partial charge in [0.15, 0.2) is 0 Å². The lowest BCUT2D eigenvalue weighted by atomic mass is 10.2. The Morgan fingerprint density at radius 3 is 2.83 bits per heavy atom. The van der Waals surface area contributed by atoms with Gasteiger partial charge in [0.2, 0.25) is 10.0 Å². The molecule has 1 aliphatic rings. The van der Waals surface area contributed by atoms with Gasteiger partial charge in [0, 0.05) is 6.54 Å². The summed E-state index contributed by atoms with van der Waals surface area (Å²) >= 11 is 0. The third kappa shape index (κ3) is 2.36. The van der Waals surface area contributed by atoms with Crippen LogP contribution in [0, 0.1) is 0 Å². The number of hydrogen-bond donors (Lipinski definition) is 2. The maximum atomic E-state index is 12.0. The highest BCUT2D eigenvalue weighted by Crippen LogP contribution is 2.30. The van der Waals surface area contributed by atoms with E-state index < -0.39 is 10.0 Å². The number of rotatable bonds is 4. The molecule has 0 bridgehead atoms. The van der Waals surface area contributed by atoms with Gasteiger partial charge in [0.25, 0.3) is 0 Å². The highest BCUT2D eigenvalue weighted by atomic mass is 32.2. The monoisotopic (exact) mass is 270 g/mol. The van der Waals surface area contributed by atoms with E-state index in [2.05, 4.69) is 4.72 Å². The van der Waals surface area contributed by atoms with Crippen LogP contribution in [0.2, 0.25) is 0 Å². The summed E-state index contributed by atoms with van der Waals surface area (Å²) in [5, 5.41) is 9.34. The Balaban J connectivity index is 2.45. The number of sulfonamides is 1. The SMILES string of the molecule is CNS(=O)(=O)c1ccccc1N1CCC[C@H]1CO. The Morgan fingerprint density at radius 2 is 2.17 bits per heavy atom. The molecule has 0 saturated carbocycles. The van der Waals surface area contributed by atoms with Crippen molar-refractivity contribution in [2.75, 3.05) is 25.1 Å². The highest BCUT2D eigenvalue weighted by Gasteiger charge is 2.28. The molecule has 6 heteroatoms. The second kappa shape index (κ2) is 5.26. The Morgan fingerprint density at radius 1 is 1.44 bits per heavy atom. The van der Waals surface area contributed by atoms with Crippen molar-refractivity contribution in [2.45, 2.75) is 23.8 Å². The van der Waals surface area contributed by atoms with E-state index in [0.29, 0.717) is 5.69 Å². The van der Waals surface area contributed by atoms with Crippen molar-refractivity contribution < 1.29 is 13.5 Å². The van der Waals surface area contributed by atoms with Crippen molar-refractivity contribution in [3.63, 3.8) is 0 Å². The van der Waals surface area contributed by atoms with Gasteiger partial charge >= 0.3 is 0 Å². The molecule has 1 aromatic carbocycles. The number of benzene rings is 1. The van der Waals surface area contributed by atoms with Crippen LogP contribution < -0.4 is 9.62 Å². The largest absolute Gasteiger partial charge is 0.394 e. The zero-order valence-electron chi connectivity index (χ0n) is 10.3. The van der Waals surface area contributed by atoms with Crippen molar-refractivity contribution in [2.24, 2.45) is 0 Å². The lowest BCUT2D eigenvalue weighted by Gasteiger charge is -2.27. The molecule has 0 unspecified atom stereocenters. The van der Waals surface area contributed by atoms with E-state index >= 15 is 0 Å². The smallest absolute Gasteiger partial charge is 0.242 e. The molecule has 1 atom stereocenters. The molecule has 2 N–H and O–H groups in total. The Hall–Kier alpha value is -1.11. The molecular formula is C12H18N2O3S. The lowest BCUT2D eigenvalue weighted by molar-refractivity contribution is 0.266. The van der Waals surface area contributed by atoms with Crippen LogP contribution in [-0.4, -0.2) is 39.8 Å². The molecule has 18 heavy (non-hydrogen) atoms. The molecule has 1 aromatic rings. The van der Waals surface area contributed by atoms with Crippen LogP contribution in [0.4, 0.5) is 5.69 Å². The molecule has 1 aliphatic heterocycles. The molecule has 0 amide bonds. The fraction of sp³-hybridized carbons (Fsp3) is 0.500. The second-order valence-corrected chi connectivity index (χ2v) is 6.20. The molecular weight excluding hydrogens is 252 g/mol. The molecule has 0 aromatic heterocycles. The first-order chi connectivity index (χ1) is 8.60. The topological polar surface area (TPSA) is 69.6 Å². The molecule has 100 valence electrons. The summed E-state index contributed by atoms with van der Waals surface area (Å²) in [6, 6.07) is 6.92. The van der Waals surface area contributed by atoms with Crippen molar-refractivity contribution in [3.05, 3.63) is 24.3 Å². The summed E-state index contributed by atoms with van der Waals surface area (Å²) in [6.07, 6.45) is 1.86. The summed E-state index contributed by atoms with van der Waals surface area (Å²) in [7, 11) is -2.07. The Bertz CT molecular complexity index is 516. The van der Waals surface area contributed by atoms with Crippen LogP contribution in [0.3, 0.4) is 0 Å². The first-order valence-electron chi connectivity index (χ1n) is 6.00. The molecule has 0 spiro atoms. The number of nitrogens with zero attached hydrogens (tertiary/aromatic N) is 1. The molecule has 5 nitrogen and oxygen atoms in total. The highest BCUT2D eigenvalue weighted by molar-refractivity contribution is 7.89. The third-order valence-electron chi connectivity index (χ3n) is 3.32. The fourth-order valence-corrected chi connectivity index (χ4v) is 3.31. The summed E-state index contributed by atoms with van der Waals surface area (Å²) < 4.78 is 26.3. The first-order valence-corrected chi connectivity index (χ1v) is 7.48. The van der Waals surface area contributed by atoms with Gasteiger partial charge in [-0.3, -0.25) is 0 Å². The molecule has 1 fully saturated rings. The lowest BCUT2D eigenvalue weighted by Crippen LogP contribution is -2.34. The number of aliphatic hydroxyl groups is 1. The Labute approximate surface area is 107 Å². The fourth-order valence-electron chi connectivity index (χ4n) is 2.37. The van der Waals surface area contributed by atoms with Gasteiger partial charge in [0.1, 0.15) is 4.90 Å². The van der Waals surface area contributed by atoms with E-state index in [9.17, 15) is 13.5 Å². The van der Waals surface area contributed by atoms with E-state index in [4.69, 9.17) is 0 Å². The van der Waals surface area contributed by atoms with Crippen LogP contribution in [0.5, 0.6) is 0 Å². The first kappa shape index (κ1) is 13.3. The van der Waals surface area contributed by atoms with E-state index in [1.165, 1.54) is 7.05 Å². The van der Waals surface area contributed by atoms with Crippen LogP contribution >= 0.6 is 0 Å². The number of nitrogens with one attached hydrogen (secondary N) is 1. The van der Waals surface area contributed by atoms with Crippen molar-refractivity contribution in [3.8, 4) is 0 Å². The van der Waals surface area contributed by atoms with E-state index in [-0.39, 0.29) is 17.5 Å². The van der Waals surface area contributed by atoms with Crippen molar-refractivity contribution in [1.29, 1.82) is 0 Å². The van der Waals surface area contributed by atoms with Crippen molar-refractivity contribution >= 4 is 15.7 Å². The van der Waals surface area contributed by atoms with Crippen LogP contribution in [0.25, 0.3) is 0 Å². The van der Waals surface area contributed by atoms with Gasteiger partial charge in [-0.1, -0.05) is 12.1 Å². The molecule has 1 saturated heterocycles. The van der Waals surface area contributed by atoms with Gasteiger partial charge in [-0.25, -0.2) is 13.1 Å². The van der Waals surface area contributed by atoms with Gasteiger partial charge in [-0.05, 0) is 32.0 Å². The summed E-state index contributed by atoms with van der Waals surface area (Å²) in [6.45, 7) is 0.829. The zero-order valence-corrected chi connectivity index (χ0v) is 11.2. The number of aliphatic hydroxyl groups excluding tert-OH is 1. The molecule has 0 radical (unpaired) electrons. The van der Waals surface area contributed by atoms with Gasteiger partial charge in [-0.15, -0.1) is 0 Å². The maximum Gasteiger partial charge on any atom is 0.242 e. The van der Waals surface area contributed by atoms with Gasteiger partial charge in [-0.2, -0.15) is 0 Å². The van der Waals surface area contributed by atoms with E-state index in [0.717, 1.165) is 19.4 Å². The predicted molar refractivity (Wildman–Crippen MR) is 70.1 cm³/mol. The minimum absolute atomic E-state index is 0.0122. The predicted octanol–water partition coefficient (Wildman–Crippen LogP) is 0.556. The number of hydrogen-bond acceptors (Lipinski definition) is 4.